The normalized spacial score (nSPS) is 10.5. The van der Waals surface area contributed by atoms with Crippen LogP contribution in [0.25, 0.3) is 10.9 Å². The molecule has 0 amide bonds. The number of pyridine rings is 1. The van der Waals surface area contributed by atoms with Crippen LogP contribution in [-0.2, 0) is 4.74 Å². The Morgan fingerprint density at radius 2 is 1.71 bits per heavy atom. The third kappa shape index (κ3) is 4.17. The quantitative estimate of drug-likeness (QED) is 0.404. The average molecular weight is 381 g/mol. The maximum atomic E-state index is 12.4. The summed E-state index contributed by atoms with van der Waals surface area (Å²) >= 11 is 0. The molecule has 0 aliphatic rings. The van der Waals surface area contributed by atoms with E-state index in [1.54, 1.807) is 56.8 Å². The number of ether oxygens (including phenoxy) is 4. The molecule has 146 valence electrons. The van der Waals surface area contributed by atoms with Crippen LogP contribution in [0, 0.1) is 0 Å². The number of aromatic nitrogens is 1. The summed E-state index contributed by atoms with van der Waals surface area (Å²) < 4.78 is 22.1. The number of unbranched alkanes of at least 4 members (excludes halogenated alkanes) is 1. The van der Waals surface area contributed by atoms with Gasteiger partial charge in [-0.2, -0.15) is 0 Å². The Bertz CT molecular complexity index is 970. The van der Waals surface area contributed by atoms with Gasteiger partial charge < -0.3 is 18.9 Å². The van der Waals surface area contributed by atoms with Crippen LogP contribution in [0.2, 0.25) is 0 Å². The van der Waals surface area contributed by atoms with Crippen LogP contribution in [0.1, 0.15) is 30.1 Å². The molecule has 0 atom stereocenters. The maximum absolute atomic E-state index is 12.4. The Hall–Kier alpha value is -3.28. The first-order valence-electron chi connectivity index (χ1n) is 9.12. The maximum Gasteiger partial charge on any atom is 0.341 e. The van der Waals surface area contributed by atoms with Gasteiger partial charge in [0.15, 0.2) is 11.5 Å². The summed E-state index contributed by atoms with van der Waals surface area (Å²) in [6.45, 7) is 2.43. The number of benzene rings is 2. The number of carbonyl (C=O) groups excluding carboxylic acids is 1. The van der Waals surface area contributed by atoms with Crippen LogP contribution in [0.5, 0.6) is 23.0 Å². The highest BCUT2D eigenvalue weighted by molar-refractivity contribution is 5.93. The number of methoxy groups -OCH3 is 2. The second kappa shape index (κ2) is 9.08. The number of nitrogens with zero attached hydrogens (tertiary/aromatic N) is 1. The molecule has 1 aromatic heterocycles. The molecule has 1 heterocycles. The standard InChI is InChI=1S/C22H23NO5/c1-4-5-12-27-22(24)15-8-6-7-9-18(15)28-19-10-11-23-17-14-21(26-3)20(25-2)13-16(17)19/h6-11,13-14H,4-5,12H2,1-3H3. The summed E-state index contributed by atoms with van der Waals surface area (Å²) in [5.41, 5.74) is 1.07. The zero-order valence-corrected chi connectivity index (χ0v) is 16.2. The van der Waals surface area contributed by atoms with Gasteiger partial charge in [0, 0.05) is 17.6 Å². The molecule has 0 bridgehead atoms. The highest BCUT2D eigenvalue weighted by Gasteiger charge is 2.16. The van der Waals surface area contributed by atoms with E-state index >= 15 is 0 Å². The molecule has 0 radical (unpaired) electrons. The fraction of sp³-hybridized carbons (Fsp3) is 0.273. The van der Waals surface area contributed by atoms with Gasteiger partial charge in [0.05, 0.1) is 26.3 Å². The minimum atomic E-state index is -0.401. The molecule has 3 aromatic rings. The van der Waals surface area contributed by atoms with Gasteiger partial charge in [-0.25, -0.2) is 4.79 Å². The lowest BCUT2D eigenvalue weighted by Crippen LogP contribution is -2.08. The van der Waals surface area contributed by atoms with Gasteiger partial charge >= 0.3 is 5.97 Å². The first-order valence-corrected chi connectivity index (χ1v) is 9.12. The van der Waals surface area contributed by atoms with Crippen LogP contribution in [0.4, 0.5) is 0 Å². The molecular formula is C22H23NO5. The van der Waals surface area contributed by atoms with Crippen molar-refractivity contribution in [1.29, 1.82) is 0 Å². The topological polar surface area (TPSA) is 66.9 Å². The minimum absolute atomic E-state index is 0.379. The van der Waals surface area contributed by atoms with Gasteiger partial charge in [-0.05, 0) is 30.7 Å². The van der Waals surface area contributed by atoms with Crippen molar-refractivity contribution < 1.29 is 23.7 Å². The highest BCUT2D eigenvalue weighted by atomic mass is 16.5. The largest absolute Gasteiger partial charge is 0.493 e. The number of para-hydroxylation sites is 1. The number of rotatable bonds is 8. The first-order chi connectivity index (χ1) is 13.7. The molecule has 3 rings (SSSR count). The van der Waals surface area contributed by atoms with E-state index in [-0.39, 0.29) is 0 Å². The number of carbonyl (C=O) groups is 1. The van der Waals surface area contributed by atoms with Crippen molar-refractivity contribution in [1.82, 2.24) is 4.98 Å². The van der Waals surface area contributed by atoms with Crippen LogP contribution in [0.3, 0.4) is 0 Å². The number of hydrogen-bond donors (Lipinski definition) is 0. The Morgan fingerprint density at radius 3 is 2.46 bits per heavy atom. The van der Waals surface area contributed by atoms with E-state index in [4.69, 9.17) is 18.9 Å². The van der Waals surface area contributed by atoms with Gasteiger partial charge in [-0.15, -0.1) is 0 Å². The number of fused-ring (bicyclic) bond motifs is 1. The molecule has 6 nitrogen and oxygen atoms in total. The lowest BCUT2D eigenvalue weighted by Gasteiger charge is -2.14. The summed E-state index contributed by atoms with van der Waals surface area (Å²) in [4.78, 5) is 16.8. The third-order valence-corrected chi connectivity index (χ3v) is 4.26. The van der Waals surface area contributed by atoms with Crippen molar-refractivity contribution in [3.8, 4) is 23.0 Å². The minimum Gasteiger partial charge on any atom is -0.493 e. The smallest absolute Gasteiger partial charge is 0.341 e. The van der Waals surface area contributed by atoms with E-state index in [0.29, 0.717) is 40.7 Å². The molecule has 0 spiro atoms. The molecule has 0 saturated carbocycles. The van der Waals surface area contributed by atoms with Crippen LogP contribution < -0.4 is 14.2 Å². The van der Waals surface area contributed by atoms with Gasteiger partial charge in [0.1, 0.15) is 17.1 Å². The predicted octanol–water partition coefficient (Wildman–Crippen LogP) is 5.00. The van der Waals surface area contributed by atoms with Crippen LogP contribution >= 0.6 is 0 Å². The molecule has 0 N–H and O–H groups in total. The molecule has 0 unspecified atom stereocenters. The predicted molar refractivity (Wildman–Crippen MR) is 107 cm³/mol. The van der Waals surface area contributed by atoms with Crippen LogP contribution in [0.15, 0.2) is 48.7 Å². The third-order valence-electron chi connectivity index (χ3n) is 4.26. The first kappa shape index (κ1) is 19.5. The second-order valence-electron chi connectivity index (χ2n) is 6.12. The van der Waals surface area contributed by atoms with E-state index in [1.165, 1.54) is 0 Å². The molecule has 0 fully saturated rings. The average Bonchev–Trinajstić information content (AvgIpc) is 2.73. The van der Waals surface area contributed by atoms with E-state index in [2.05, 4.69) is 4.98 Å². The fourth-order valence-electron chi connectivity index (χ4n) is 2.77. The Labute approximate surface area is 164 Å². The lowest BCUT2D eigenvalue weighted by atomic mass is 10.1. The fourth-order valence-corrected chi connectivity index (χ4v) is 2.77. The SMILES string of the molecule is CCCCOC(=O)c1ccccc1Oc1ccnc2cc(OC)c(OC)cc12. The molecule has 2 aromatic carbocycles. The summed E-state index contributed by atoms with van der Waals surface area (Å²) in [5.74, 6) is 1.73. The van der Waals surface area contributed by atoms with Crippen LogP contribution in [-0.4, -0.2) is 31.8 Å². The highest BCUT2D eigenvalue weighted by Crippen LogP contribution is 2.37. The van der Waals surface area contributed by atoms with E-state index in [1.807, 2.05) is 13.0 Å². The Morgan fingerprint density at radius 1 is 0.964 bits per heavy atom. The lowest BCUT2D eigenvalue weighted by molar-refractivity contribution is 0.0497. The molecule has 0 saturated heterocycles. The van der Waals surface area contributed by atoms with E-state index in [9.17, 15) is 4.79 Å². The van der Waals surface area contributed by atoms with Gasteiger partial charge in [-0.3, -0.25) is 4.98 Å². The number of esters is 1. The zero-order chi connectivity index (χ0) is 19.9. The van der Waals surface area contributed by atoms with Crippen molar-refractivity contribution >= 4 is 16.9 Å². The van der Waals surface area contributed by atoms with Gasteiger partial charge in [-0.1, -0.05) is 25.5 Å². The Balaban J connectivity index is 1.96. The monoisotopic (exact) mass is 381 g/mol. The summed E-state index contributed by atoms with van der Waals surface area (Å²) in [6, 6.07) is 12.4. The summed E-state index contributed by atoms with van der Waals surface area (Å²) in [5, 5.41) is 0.745. The van der Waals surface area contributed by atoms with Crippen molar-refractivity contribution in [2.75, 3.05) is 20.8 Å². The molecule has 28 heavy (non-hydrogen) atoms. The van der Waals surface area contributed by atoms with Gasteiger partial charge in [0.25, 0.3) is 0 Å². The molecule has 6 heteroatoms. The molecular weight excluding hydrogens is 358 g/mol. The molecule has 0 aliphatic heterocycles. The van der Waals surface area contributed by atoms with E-state index < -0.39 is 5.97 Å². The summed E-state index contributed by atoms with van der Waals surface area (Å²) in [7, 11) is 3.15. The van der Waals surface area contributed by atoms with E-state index in [0.717, 1.165) is 18.2 Å². The van der Waals surface area contributed by atoms with Crippen molar-refractivity contribution in [2.24, 2.45) is 0 Å². The van der Waals surface area contributed by atoms with Crippen molar-refractivity contribution in [2.45, 2.75) is 19.8 Å². The van der Waals surface area contributed by atoms with Gasteiger partial charge in [0.2, 0.25) is 0 Å². The number of hydrogen-bond acceptors (Lipinski definition) is 6. The Kier molecular flexibility index (Phi) is 6.32. The van der Waals surface area contributed by atoms with Crippen molar-refractivity contribution in [3.63, 3.8) is 0 Å². The second-order valence-corrected chi connectivity index (χ2v) is 6.12. The molecule has 0 aliphatic carbocycles. The van der Waals surface area contributed by atoms with Crippen molar-refractivity contribution in [3.05, 3.63) is 54.2 Å². The zero-order valence-electron chi connectivity index (χ0n) is 16.2. The summed E-state index contributed by atoms with van der Waals surface area (Å²) in [6.07, 6.45) is 3.43.